The number of hydrogen-bond donors (Lipinski definition) is 1. The van der Waals surface area contributed by atoms with Crippen molar-refractivity contribution in [1.82, 2.24) is 4.90 Å². The zero-order chi connectivity index (χ0) is 15.8. The summed E-state index contributed by atoms with van der Waals surface area (Å²) in [6.45, 7) is 0.846. The summed E-state index contributed by atoms with van der Waals surface area (Å²) in [6, 6.07) is 6.99. The van der Waals surface area contributed by atoms with Crippen LogP contribution in [0, 0.1) is 0 Å². The van der Waals surface area contributed by atoms with Gasteiger partial charge in [-0.1, -0.05) is 34.1 Å². The monoisotopic (exact) mass is 364 g/mol. The van der Waals surface area contributed by atoms with Crippen LogP contribution in [0.1, 0.15) is 25.3 Å². The Morgan fingerprint density at radius 1 is 1.38 bits per heavy atom. The van der Waals surface area contributed by atoms with E-state index in [-0.39, 0.29) is 12.6 Å². The highest BCUT2D eigenvalue weighted by Crippen LogP contribution is 2.35. The Morgan fingerprint density at radius 3 is 2.43 bits per heavy atom. The number of halogens is 4. The molecule has 0 heterocycles. The summed E-state index contributed by atoms with van der Waals surface area (Å²) in [7, 11) is 0. The molecule has 1 saturated carbocycles. The van der Waals surface area contributed by atoms with Gasteiger partial charge in [-0.05, 0) is 31.4 Å². The third kappa shape index (κ3) is 3.40. The van der Waals surface area contributed by atoms with Gasteiger partial charge >= 0.3 is 6.18 Å². The van der Waals surface area contributed by atoms with E-state index >= 15 is 0 Å². The standard InChI is InChI=1S/C14H16BrF3N2O/c1-13(19,14(16,17)18)12(21)20(10-6-7-10)8-9-4-2-3-5-11(9)15/h2-5,10H,6-8,19H2,1H3. The number of carbonyl (C=O) groups is 1. The Bertz CT molecular complexity index is 541. The Balaban J connectivity index is 2.24. The summed E-state index contributed by atoms with van der Waals surface area (Å²) in [4.78, 5) is 13.5. The van der Waals surface area contributed by atoms with Crippen LogP contribution >= 0.6 is 15.9 Å². The van der Waals surface area contributed by atoms with Crippen molar-refractivity contribution in [3.8, 4) is 0 Å². The van der Waals surface area contributed by atoms with Crippen molar-refractivity contribution in [3.05, 3.63) is 34.3 Å². The third-order valence-electron chi connectivity index (χ3n) is 3.58. The van der Waals surface area contributed by atoms with E-state index in [0.717, 1.165) is 17.0 Å². The fourth-order valence-electron chi connectivity index (χ4n) is 1.98. The van der Waals surface area contributed by atoms with Gasteiger partial charge in [0.25, 0.3) is 5.91 Å². The number of nitrogens with zero attached hydrogens (tertiary/aromatic N) is 1. The highest BCUT2D eigenvalue weighted by Gasteiger charge is 2.56. The van der Waals surface area contributed by atoms with E-state index in [1.807, 2.05) is 0 Å². The van der Waals surface area contributed by atoms with E-state index in [2.05, 4.69) is 15.9 Å². The van der Waals surface area contributed by atoms with Crippen LogP contribution in [0.15, 0.2) is 28.7 Å². The molecule has 1 fully saturated rings. The second kappa shape index (κ2) is 5.61. The maximum Gasteiger partial charge on any atom is 0.415 e. The van der Waals surface area contributed by atoms with E-state index in [9.17, 15) is 18.0 Å². The minimum absolute atomic E-state index is 0.119. The Kier molecular flexibility index (Phi) is 4.35. The minimum Gasteiger partial charge on any atom is -0.333 e. The van der Waals surface area contributed by atoms with E-state index in [0.29, 0.717) is 12.8 Å². The van der Waals surface area contributed by atoms with Gasteiger partial charge in [-0.25, -0.2) is 0 Å². The lowest BCUT2D eigenvalue weighted by molar-refractivity contribution is -0.194. The van der Waals surface area contributed by atoms with E-state index < -0.39 is 17.6 Å². The summed E-state index contributed by atoms with van der Waals surface area (Å²) in [5.74, 6) is -1.08. The fraction of sp³-hybridized carbons (Fsp3) is 0.500. The first-order valence-electron chi connectivity index (χ1n) is 6.54. The molecule has 0 radical (unpaired) electrons. The van der Waals surface area contributed by atoms with Crippen molar-refractivity contribution in [2.45, 2.75) is 44.1 Å². The molecule has 0 bridgehead atoms. The summed E-state index contributed by atoms with van der Waals surface area (Å²) in [5, 5.41) is 0. The Labute approximate surface area is 129 Å². The molecule has 1 aromatic carbocycles. The molecule has 0 aliphatic heterocycles. The molecule has 21 heavy (non-hydrogen) atoms. The molecule has 1 atom stereocenters. The number of nitrogens with two attached hydrogens (primary N) is 1. The van der Waals surface area contributed by atoms with Crippen molar-refractivity contribution >= 4 is 21.8 Å². The molecule has 116 valence electrons. The maximum absolute atomic E-state index is 13.0. The Morgan fingerprint density at radius 2 is 1.95 bits per heavy atom. The highest BCUT2D eigenvalue weighted by molar-refractivity contribution is 9.10. The van der Waals surface area contributed by atoms with E-state index in [1.54, 1.807) is 24.3 Å². The average Bonchev–Trinajstić information content (AvgIpc) is 3.20. The third-order valence-corrected chi connectivity index (χ3v) is 4.35. The van der Waals surface area contributed by atoms with Gasteiger partial charge in [-0.2, -0.15) is 13.2 Å². The molecule has 0 aromatic heterocycles. The fourth-order valence-corrected chi connectivity index (χ4v) is 2.39. The van der Waals surface area contributed by atoms with Crippen LogP contribution in [0.2, 0.25) is 0 Å². The first-order chi connectivity index (χ1) is 9.64. The zero-order valence-corrected chi connectivity index (χ0v) is 13.0. The Hall–Kier alpha value is -1.08. The SMILES string of the molecule is CC(N)(C(=O)N(Cc1ccccc1Br)C1CC1)C(F)(F)F. The lowest BCUT2D eigenvalue weighted by Gasteiger charge is -2.33. The topological polar surface area (TPSA) is 46.3 Å². The number of alkyl halides is 3. The lowest BCUT2D eigenvalue weighted by Crippen LogP contribution is -2.62. The molecule has 3 nitrogen and oxygen atoms in total. The normalized spacial score (nSPS) is 18.2. The number of carbonyl (C=O) groups excluding carboxylic acids is 1. The van der Waals surface area contributed by atoms with Gasteiger partial charge in [0.05, 0.1) is 0 Å². The number of hydrogen-bond acceptors (Lipinski definition) is 2. The molecular formula is C14H16BrF3N2O. The van der Waals surface area contributed by atoms with E-state index in [4.69, 9.17) is 5.73 Å². The highest BCUT2D eigenvalue weighted by atomic mass is 79.9. The summed E-state index contributed by atoms with van der Waals surface area (Å²) in [5.41, 5.74) is 3.16. The number of benzene rings is 1. The second-order valence-electron chi connectivity index (χ2n) is 5.46. The molecule has 0 spiro atoms. The predicted octanol–water partition coefficient (Wildman–Crippen LogP) is 3.22. The molecule has 1 aliphatic carbocycles. The van der Waals surface area contributed by atoms with Crippen molar-refractivity contribution in [2.24, 2.45) is 5.73 Å². The maximum atomic E-state index is 13.0. The van der Waals surface area contributed by atoms with Gasteiger partial charge in [0.2, 0.25) is 0 Å². The van der Waals surface area contributed by atoms with Gasteiger partial charge in [0.15, 0.2) is 5.54 Å². The van der Waals surface area contributed by atoms with Crippen LogP contribution < -0.4 is 5.73 Å². The predicted molar refractivity (Wildman–Crippen MR) is 76.4 cm³/mol. The second-order valence-corrected chi connectivity index (χ2v) is 6.31. The molecule has 1 amide bonds. The largest absolute Gasteiger partial charge is 0.415 e. The smallest absolute Gasteiger partial charge is 0.333 e. The molecule has 2 N–H and O–H groups in total. The first-order valence-corrected chi connectivity index (χ1v) is 7.34. The number of amides is 1. The summed E-state index contributed by atoms with van der Waals surface area (Å²) >= 11 is 3.34. The van der Waals surface area contributed by atoms with Gasteiger partial charge in [-0.3, -0.25) is 4.79 Å². The van der Waals surface area contributed by atoms with Crippen LogP contribution in [-0.2, 0) is 11.3 Å². The van der Waals surface area contributed by atoms with Gasteiger partial charge in [-0.15, -0.1) is 0 Å². The van der Waals surface area contributed by atoms with Gasteiger partial charge in [0.1, 0.15) is 0 Å². The molecule has 1 aliphatic rings. The molecular weight excluding hydrogens is 349 g/mol. The van der Waals surface area contributed by atoms with Crippen LogP contribution in [-0.4, -0.2) is 28.6 Å². The summed E-state index contributed by atoms with van der Waals surface area (Å²) in [6.07, 6.45) is -3.35. The van der Waals surface area contributed by atoms with Crippen molar-refractivity contribution in [1.29, 1.82) is 0 Å². The van der Waals surface area contributed by atoms with Crippen molar-refractivity contribution < 1.29 is 18.0 Å². The van der Waals surface area contributed by atoms with Crippen molar-refractivity contribution in [2.75, 3.05) is 0 Å². The van der Waals surface area contributed by atoms with E-state index in [1.165, 1.54) is 4.90 Å². The van der Waals surface area contributed by atoms with Crippen molar-refractivity contribution in [3.63, 3.8) is 0 Å². The minimum atomic E-state index is -4.77. The van der Waals surface area contributed by atoms with Crippen LogP contribution in [0.3, 0.4) is 0 Å². The van der Waals surface area contributed by atoms with Crippen LogP contribution in [0.25, 0.3) is 0 Å². The van der Waals surface area contributed by atoms with Crippen LogP contribution in [0.4, 0.5) is 13.2 Å². The summed E-state index contributed by atoms with van der Waals surface area (Å²) < 4.78 is 39.7. The lowest BCUT2D eigenvalue weighted by atomic mass is 10.0. The average molecular weight is 365 g/mol. The first kappa shape index (κ1) is 16.3. The van der Waals surface area contributed by atoms with Crippen LogP contribution in [0.5, 0.6) is 0 Å². The molecule has 1 unspecified atom stereocenters. The molecule has 7 heteroatoms. The zero-order valence-electron chi connectivity index (χ0n) is 11.5. The molecule has 0 saturated heterocycles. The van der Waals surface area contributed by atoms with Gasteiger partial charge in [0, 0.05) is 17.1 Å². The quantitative estimate of drug-likeness (QED) is 0.891. The molecule has 1 aromatic rings. The van der Waals surface area contributed by atoms with Gasteiger partial charge < -0.3 is 10.6 Å². The molecule has 2 rings (SSSR count). The number of rotatable bonds is 4.